The molecule has 1 aliphatic heterocycles. The Morgan fingerprint density at radius 2 is 1.89 bits per heavy atom. The molecule has 0 N–H and O–H groups in total. The van der Waals surface area contributed by atoms with Crippen molar-refractivity contribution < 1.29 is 14.3 Å². The minimum absolute atomic E-state index is 0.0894. The van der Waals surface area contributed by atoms with Crippen LogP contribution in [0.1, 0.15) is 54.4 Å². The van der Waals surface area contributed by atoms with Crippen LogP contribution in [-0.4, -0.2) is 35.5 Å². The molecule has 1 fully saturated rings. The molecule has 0 aromatic rings. The van der Waals surface area contributed by atoms with Crippen LogP contribution in [0.3, 0.4) is 0 Å². The fourth-order valence-electron chi connectivity index (χ4n) is 2.72. The highest BCUT2D eigenvalue weighted by Crippen LogP contribution is 2.35. The van der Waals surface area contributed by atoms with Gasteiger partial charge in [0.25, 0.3) is 0 Å². The summed E-state index contributed by atoms with van der Waals surface area (Å²) in [5, 5.41) is 0. The number of ether oxygens (including phenoxy) is 1. The van der Waals surface area contributed by atoms with E-state index in [4.69, 9.17) is 4.74 Å². The molecule has 4 nitrogen and oxygen atoms in total. The SMILES string of the molecule is CCOC(=O)C(C(=O)N1CCCC1(C)C)C(C)(C)C. The van der Waals surface area contributed by atoms with E-state index in [9.17, 15) is 9.59 Å². The van der Waals surface area contributed by atoms with E-state index in [1.807, 2.05) is 25.7 Å². The number of esters is 1. The summed E-state index contributed by atoms with van der Waals surface area (Å²) in [5.74, 6) is -1.21. The van der Waals surface area contributed by atoms with Gasteiger partial charge in [-0.05, 0) is 39.0 Å². The molecule has 0 spiro atoms. The van der Waals surface area contributed by atoms with Crippen LogP contribution >= 0.6 is 0 Å². The van der Waals surface area contributed by atoms with Crippen LogP contribution in [-0.2, 0) is 14.3 Å². The second-order valence-corrected chi connectivity index (χ2v) is 6.96. The molecule has 19 heavy (non-hydrogen) atoms. The maximum Gasteiger partial charge on any atom is 0.319 e. The molecule has 110 valence electrons. The molecular formula is C15H27NO3. The van der Waals surface area contributed by atoms with Gasteiger partial charge < -0.3 is 9.64 Å². The molecule has 1 amide bonds. The van der Waals surface area contributed by atoms with E-state index < -0.39 is 17.3 Å². The molecule has 1 heterocycles. The topological polar surface area (TPSA) is 46.6 Å². The summed E-state index contributed by atoms with van der Waals surface area (Å²) in [6, 6.07) is 0. The Balaban J connectivity index is 2.99. The quantitative estimate of drug-likeness (QED) is 0.584. The third-order valence-corrected chi connectivity index (χ3v) is 3.80. The largest absolute Gasteiger partial charge is 0.465 e. The van der Waals surface area contributed by atoms with Crippen molar-refractivity contribution in [3.8, 4) is 0 Å². The number of hydrogen-bond donors (Lipinski definition) is 0. The maximum absolute atomic E-state index is 12.7. The highest BCUT2D eigenvalue weighted by molar-refractivity contribution is 5.99. The minimum atomic E-state index is -0.718. The summed E-state index contributed by atoms with van der Waals surface area (Å²) < 4.78 is 5.09. The number of carbonyl (C=O) groups excluding carboxylic acids is 2. The monoisotopic (exact) mass is 269 g/mol. The molecule has 1 unspecified atom stereocenters. The van der Waals surface area contributed by atoms with Crippen LogP contribution in [0.2, 0.25) is 0 Å². The molecule has 1 saturated heterocycles. The molecule has 0 radical (unpaired) electrons. The fourth-order valence-corrected chi connectivity index (χ4v) is 2.72. The Kier molecular flexibility index (Phi) is 4.64. The van der Waals surface area contributed by atoms with Gasteiger partial charge in [0.15, 0.2) is 0 Å². The van der Waals surface area contributed by atoms with Gasteiger partial charge in [-0.1, -0.05) is 20.8 Å². The number of carbonyl (C=O) groups is 2. The van der Waals surface area contributed by atoms with Gasteiger partial charge in [0.1, 0.15) is 5.92 Å². The van der Waals surface area contributed by atoms with Crippen LogP contribution in [0.4, 0.5) is 0 Å². The lowest BCUT2D eigenvalue weighted by molar-refractivity contribution is -0.161. The first-order chi connectivity index (χ1) is 8.61. The van der Waals surface area contributed by atoms with Gasteiger partial charge in [-0.2, -0.15) is 0 Å². The molecule has 4 heteroatoms. The normalized spacial score (nSPS) is 20.2. The Hall–Kier alpha value is -1.06. The highest BCUT2D eigenvalue weighted by atomic mass is 16.5. The van der Waals surface area contributed by atoms with E-state index in [2.05, 4.69) is 13.8 Å². The zero-order valence-electron chi connectivity index (χ0n) is 13.1. The molecule has 0 saturated carbocycles. The van der Waals surface area contributed by atoms with Crippen LogP contribution in [0.25, 0.3) is 0 Å². The Bertz CT molecular complexity index is 355. The van der Waals surface area contributed by atoms with Crippen molar-refractivity contribution in [2.24, 2.45) is 11.3 Å². The van der Waals surface area contributed by atoms with Crippen molar-refractivity contribution in [1.82, 2.24) is 4.90 Å². The van der Waals surface area contributed by atoms with Crippen LogP contribution in [0.15, 0.2) is 0 Å². The highest BCUT2D eigenvalue weighted by Gasteiger charge is 2.46. The van der Waals surface area contributed by atoms with Crippen molar-refractivity contribution >= 4 is 11.9 Å². The number of hydrogen-bond acceptors (Lipinski definition) is 3. The van der Waals surface area contributed by atoms with Crippen molar-refractivity contribution in [1.29, 1.82) is 0 Å². The number of nitrogens with zero attached hydrogens (tertiary/aromatic N) is 1. The van der Waals surface area contributed by atoms with E-state index in [-0.39, 0.29) is 11.4 Å². The van der Waals surface area contributed by atoms with Crippen molar-refractivity contribution in [2.75, 3.05) is 13.2 Å². The summed E-state index contributed by atoms with van der Waals surface area (Å²) in [6.45, 7) is 12.7. The zero-order chi connectivity index (χ0) is 14.8. The van der Waals surface area contributed by atoms with Gasteiger partial charge in [-0.15, -0.1) is 0 Å². The Morgan fingerprint density at radius 3 is 2.26 bits per heavy atom. The molecule has 0 bridgehead atoms. The second kappa shape index (κ2) is 5.51. The lowest BCUT2D eigenvalue weighted by Crippen LogP contribution is -2.51. The van der Waals surface area contributed by atoms with Gasteiger partial charge in [0.05, 0.1) is 6.61 Å². The van der Waals surface area contributed by atoms with E-state index >= 15 is 0 Å². The van der Waals surface area contributed by atoms with E-state index in [0.29, 0.717) is 6.61 Å². The number of rotatable bonds is 3. The van der Waals surface area contributed by atoms with E-state index in [1.54, 1.807) is 6.92 Å². The van der Waals surface area contributed by atoms with Gasteiger partial charge in [0.2, 0.25) is 5.91 Å². The average molecular weight is 269 g/mol. The Labute approximate surface area is 116 Å². The molecule has 0 aromatic carbocycles. The molecule has 0 aromatic heterocycles. The first kappa shape index (κ1) is 16.0. The molecular weight excluding hydrogens is 242 g/mol. The fraction of sp³-hybridized carbons (Fsp3) is 0.867. The third-order valence-electron chi connectivity index (χ3n) is 3.80. The second-order valence-electron chi connectivity index (χ2n) is 6.96. The first-order valence-corrected chi connectivity index (χ1v) is 7.09. The molecule has 1 atom stereocenters. The maximum atomic E-state index is 12.7. The van der Waals surface area contributed by atoms with Crippen LogP contribution in [0.5, 0.6) is 0 Å². The summed E-state index contributed by atoms with van der Waals surface area (Å²) in [6.07, 6.45) is 1.98. The van der Waals surface area contributed by atoms with Crippen molar-refractivity contribution in [3.63, 3.8) is 0 Å². The van der Waals surface area contributed by atoms with Gasteiger partial charge in [0, 0.05) is 12.1 Å². The van der Waals surface area contributed by atoms with Crippen LogP contribution < -0.4 is 0 Å². The molecule has 1 aliphatic rings. The number of likely N-dealkylation sites (tertiary alicyclic amines) is 1. The predicted octanol–water partition coefficient (Wildman–Crippen LogP) is 2.61. The van der Waals surface area contributed by atoms with Crippen molar-refractivity contribution in [3.05, 3.63) is 0 Å². The van der Waals surface area contributed by atoms with E-state index in [1.165, 1.54) is 0 Å². The summed E-state index contributed by atoms with van der Waals surface area (Å²) in [4.78, 5) is 26.7. The molecule has 0 aliphatic carbocycles. The lowest BCUT2D eigenvalue weighted by Gasteiger charge is -2.37. The smallest absolute Gasteiger partial charge is 0.319 e. The first-order valence-electron chi connectivity index (χ1n) is 7.09. The van der Waals surface area contributed by atoms with E-state index in [0.717, 1.165) is 19.4 Å². The third kappa shape index (κ3) is 3.48. The minimum Gasteiger partial charge on any atom is -0.465 e. The number of amides is 1. The molecule has 1 rings (SSSR count). The summed E-state index contributed by atoms with van der Waals surface area (Å²) in [7, 11) is 0. The average Bonchev–Trinajstić information content (AvgIpc) is 2.56. The predicted molar refractivity (Wildman–Crippen MR) is 74.6 cm³/mol. The van der Waals surface area contributed by atoms with Gasteiger partial charge in [-0.25, -0.2) is 0 Å². The zero-order valence-corrected chi connectivity index (χ0v) is 13.1. The van der Waals surface area contributed by atoms with Crippen molar-refractivity contribution in [2.45, 2.75) is 59.9 Å². The summed E-state index contributed by atoms with van der Waals surface area (Å²) >= 11 is 0. The Morgan fingerprint density at radius 1 is 1.32 bits per heavy atom. The summed E-state index contributed by atoms with van der Waals surface area (Å²) in [5.41, 5.74) is -0.588. The lowest BCUT2D eigenvalue weighted by atomic mass is 9.79. The standard InChI is InChI=1S/C15H27NO3/c1-7-19-13(18)11(14(2,3)4)12(17)16-10-8-9-15(16,5)6/h11H,7-10H2,1-6H3. The van der Waals surface area contributed by atoms with Gasteiger partial charge >= 0.3 is 5.97 Å². The van der Waals surface area contributed by atoms with Crippen LogP contribution in [0, 0.1) is 11.3 Å². The van der Waals surface area contributed by atoms with Gasteiger partial charge in [-0.3, -0.25) is 9.59 Å².